The molecule has 0 spiro atoms. The SMILES string of the molecule is c1ccc(Nc2nn3c(C4COc5ccccc5O4)nnc3s2)cc1. The highest BCUT2D eigenvalue weighted by atomic mass is 32.1. The predicted octanol–water partition coefficient (Wildman–Crippen LogP) is 3.44. The van der Waals surface area contributed by atoms with Gasteiger partial charge in [-0.25, -0.2) is 0 Å². The van der Waals surface area contributed by atoms with E-state index in [1.165, 1.54) is 11.3 Å². The molecule has 0 amide bonds. The van der Waals surface area contributed by atoms with Crippen molar-refractivity contribution < 1.29 is 9.47 Å². The number of nitrogens with one attached hydrogen (secondary N) is 1. The van der Waals surface area contributed by atoms with Crippen LogP contribution in [0.15, 0.2) is 54.6 Å². The van der Waals surface area contributed by atoms with Gasteiger partial charge in [0.1, 0.15) is 6.61 Å². The van der Waals surface area contributed by atoms with Gasteiger partial charge in [0.2, 0.25) is 10.1 Å². The summed E-state index contributed by atoms with van der Waals surface area (Å²) in [6.45, 7) is 0.372. The molecule has 0 bridgehead atoms. The van der Waals surface area contributed by atoms with Crippen molar-refractivity contribution >= 4 is 27.1 Å². The van der Waals surface area contributed by atoms with Gasteiger partial charge in [-0.1, -0.05) is 41.7 Å². The third-order valence-electron chi connectivity index (χ3n) is 3.84. The number of nitrogens with zero attached hydrogens (tertiary/aromatic N) is 4. The van der Waals surface area contributed by atoms with E-state index in [1.54, 1.807) is 4.52 Å². The molecule has 124 valence electrons. The van der Waals surface area contributed by atoms with Gasteiger partial charge in [0.05, 0.1) is 0 Å². The molecule has 3 heterocycles. The number of benzene rings is 2. The minimum absolute atomic E-state index is 0.350. The third-order valence-corrected chi connectivity index (χ3v) is 4.65. The molecule has 0 saturated carbocycles. The second kappa shape index (κ2) is 5.75. The summed E-state index contributed by atoms with van der Waals surface area (Å²) in [5.74, 6) is 2.07. The lowest BCUT2D eigenvalue weighted by Crippen LogP contribution is -2.23. The Morgan fingerprint density at radius 3 is 2.68 bits per heavy atom. The van der Waals surface area contributed by atoms with Gasteiger partial charge in [0.15, 0.2) is 23.4 Å². The van der Waals surface area contributed by atoms with E-state index in [2.05, 4.69) is 20.6 Å². The molecule has 4 aromatic rings. The Labute approximate surface area is 146 Å². The van der Waals surface area contributed by atoms with Gasteiger partial charge in [-0.3, -0.25) is 0 Å². The first kappa shape index (κ1) is 14.2. The van der Waals surface area contributed by atoms with E-state index in [1.807, 2.05) is 54.6 Å². The Hall–Kier alpha value is -3.13. The lowest BCUT2D eigenvalue weighted by molar-refractivity contribution is 0.0836. The summed E-state index contributed by atoms with van der Waals surface area (Å²) in [6, 6.07) is 17.5. The Bertz CT molecular complexity index is 1030. The van der Waals surface area contributed by atoms with Crippen LogP contribution in [-0.2, 0) is 0 Å². The Morgan fingerprint density at radius 1 is 1.00 bits per heavy atom. The van der Waals surface area contributed by atoms with Crippen molar-refractivity contribution in [2.75, 3.05) is 11.9 Å². The minimum Gasteiger partial charge on any atom is -0.485 e. The molecular weight excluding hydrogens is 338 g/mol. The van der Waals surface area contributed by atoms with Gasteiger partial charge in [0.25, 0.3) is 0 Å². The van der Waals surface area contributed by atoms with Crippen molar-refractivity contribution in [3.05, 3.63) is 60.4 Å². The zero-order valence-electron chi connectivity index (χ0n) is 13.0. The lowest BCUT2D eigenvalue weighted by Gasteiger charge is -2.24. The van der Waals surface area contributed by atoms with E-state index in [9.17, 15) is 0 Å². The van der Waals surface area contributed by atoms with Crippen molar-refractivity contribution in [3.63, 3.8) is 0 Å². The van der Waals surface area contributed by atoms with Gasteiger partial charge in [-0.15, -0.1) is 15.3 Å². The van der Waals surface area contributed by atoms with Crippen molar-refractivity contribution in [2.24, 2.45) is 0 Å². The predicted molar refractivity (Wildman–Crippen MR) is 93.7 cm³/mol. The Morgan fingerprint density at radius 2 is 1.80 bits per heavy atom. The van der Waals surface area contributed by atoms with E-state index in [-0.39, 0.29) is 6.10 Å². The fourth-order valence-electron chi connectivity index (χ4n) is 2.68. The van der Waals surface area contributed by atoms with Crippen LogP contribution in [0.1, 0.15) is 11.9 Å². The molecule has 1 N–H and O–H groups in total. The standard InChI is InChI=1S/C17H13N5O2S/c1-2-6-11(7-3-1)18-16-21-22-15(19-20-17(22)25-16)14-10-23-12-8-4-5-9-13(12)24-14/h1-9,14H,10H2,(H,18,21). The second-order valence-corrected chi connectivity index (χ2v) is 6.47. The molecule has 1 aliphatic heterocycles. The normalized spacial score (nSPS) is 16.1. The van der Waals surface area contributed by atoms with Crippen molar-refractivity contribution in [2.45, 2.75) is 6.10 Å². The molecule has 8 heteroatoms. The largest absolute Gasteiger partial charge is 0.485 e. The summed E-state index contributed by atoms with van der Waals surface area (Å²) in [5.41, 5.74) is 0.972. The molecule has 0 saturated heterocycles. The molecule has 0 aliphatic carbocycles. The highest BCUT2D eigenvalue weighted by molar-refractivity contribution is 7.20. The first-order chi connectivity index (χ1) is 12.4. The van der Waals surface area contributed by atoms with Gasteiger partial charge in [-0.2, -0.15) is 4.52 Å². The van der Waals surface area contributed by atoms with Crippen LogP contribution in [-0.4, -0.2) is 26.4 Å². The Kier molecular flexibility index (Phi) is 3.27. The maximum absolute atomic E-state index is 6.01. The van der Waals surface area contributed by atoms with Crippen LogP contribution in [0, 0.1) is 0 Å². The van der Waals surface area contributed by atoms with E-state index < -0.39 is 0 Å². The zero-order valence-corrected chi connectivity index (χ0v) is 13.8. The number of fused-ring (bicyclic) bond motifs is 2. The molecule has 1 atom stereocenters. The summed E-state index contributed by atoms with van der Waals surface area (Å²) >= 11 is 1.43. The number of rotatable bonds is 3. The van der Waals surface area contributed by atoms with Crippen LogP contribution in [0.25, 0.3) is 4.96 Å². The van der Waals surface area contributed by atoms with E-state index in [4.69, 9.17) is 9.47 Å². The second-order valence-electron chi connectivity index (χ2n) is 5.52. The van der Waals surface area contributed by atoms with Crippen molar-refractivity contribution in [1.29, 1.82) is 0 Å². The van der Waals surface area contributed by atoms with E-state index >= 15 is 0 Å². The average Bonchev–Trinajstić information content (AvgIpc) is 3.22. The lowest BCUT2D eigenvalue weighted by atomic mass is 10.2. The molecule has 0 radical (unpaired) electrons. The molecular formula is C17H13N5O2S. The van der Waals surface area contributed by atoms with E-state index in [0.29, 0.717) is 23.1 Å². The van der Waals surface area contributed by atoms with Gasteiger partial charge in [-0.05, 0) is 24.3 Å². The number of anilines is 2. The number of para-hydroxylation sites is 3. The maximum atomic E-state index is 6.01. The number of hydrogen-bond donors (Lipinski definition) is 1. The molecule has 0 fully saturated rings. The summed E-state index contributed by atoms with van der Waals surface area (Å²) in [6.07, 6.45) is -0.350. The molecule has 25 heavy (non-hydrogen) atoms. The minimum atomic E-state index is -0.350. The van der Waals surface area contributed by atoms with Gasteiger partial charge in [0, 0.05) is 5.69 Å². The van der Waals surface area contributed by atoms with Crippen molar-refractivity contribution in [1.82, 2.24) is 19.8 Å². The summed E-state index contributed by atoms with van der Waals surface area (Å²) < 4.78 is 13.5. The third kappa shape index (κ3) is 2.56. The number of aromatic nitrogens is 4. The first-order valence-electron chi connectivity index (χ1n) is 7.79. The van der Waals surface area contributed by atoms with Crippen LogP contribution < -0.4 is 14.8 Å². The van der Waals surface area contributed by atoms with Gasteiger partial charge < -0.3 is 14.8 Å². The van der Waals surface area contributed by atoms with Crippen LogP contribution >= 0.6 is 11.3 Å². The maximum Gasteiger partial charge on any atom is 0.236 e. The van der Waals surface area contributed by atoms with Crippen LogP contribution in [0.5, 0.6) is 11.5 Å². The molecule has 1 aliphatic rings. The summed E-state index contributed by atoms with van der Waals surface area (Å²) in [7, 11) is 0. The smallest absolute Gasteiger partial charge is 0.236 e. The molecule has 1 unspecified atom stereocenters. The summed E-state index contributed by atoms with van der Waals surface area (Å²) in [4.78, 5) is 0.705. The molecule has 2 aromatic carbocycles. The quantitative estimate of drug-likeness (QED) is 0.609. The number of ether oxygens (including phenoxy) is 2. The van der Waals surface area contributed by atoms with Crippen LogP contribution in [0.4, 0.5) is 10.8 Å². The highest BCUT2D eigenvalue weighted by Crippen LogP contribution is 2.36. The Balaban J connectivity index is 1.45. The van der Waals surface area contributed by atoms with Gasteiger partial charge >= 0.3 is 0 Å². The summed E-state index contributed by atoms with van der Waals surface area (Å²) in [5, 5.41) is 17.0. The molecule has 5 rings (SSSR count). The fourth-order valence-corrected chi connectivity index (χ4v) is 3.44. The number of hydrogen-bond acceptors (Lipinski definition) is 7. The topological polar surface area (TPSA) is 73.6 Å². The zero-order chi connectivity index (χ0) is 16.6. The first-order valence-corrected chi connectivity index (χ1v) is 8.61. The van der Waals surface area contributed by atoms with Crippen molar-refractivity contribution in [3.8, 4) is 11.5 Å². The van der Waals surface area contributed by atoms with Crippen LogP contribution in [0.3, 0.4) is 0 Å². The monoisotopic (exact) mass is 351 g/mol. The average molecular weight is 351 g/mol. The molecule has 7 nitrogen and oxygen atoms in total. The van der Waals surface area contributed by atoms with Crippen LogP contribution in [0.2, 0.25) is 0 Å². The van der Waals surface area contributed by atoms with E-state index in [0.717, 1.165) is 16.6 Å². The highest BCUT2D eigenvalue weighted by Gasteiger charge is 2.28. The fraction of sp³-hybridized carbons (Fsp3) is 0.118. The molecule has 2 aromatic heterocycles.